The van der Waals surface area contributed by atoms with Crippen molar-refractivity contribution >= 4 is 5.97 Å². The van der Waals surface area contributed by atoms with Crippen molar-refractivity contribution in [3.05, 3.63) is 0 Å². The summed E-state index contributed by atoms with van der Waals surface area (Å²) < 4.78 is 5.56. The molecule has 0 amide bonds. The van der Waals surface area contributed by atoms with E-state index in [1.54, 1.807) is 0 Å². The van der Waals surface area contributed by atoms with E-state index < -0.39 is 11.4 Å². The summed E-state index contributed by atoms with van der Waals surface area (Å²) in [5.41, 5.74) is -0.490. The van der Waals surface area contributed by atoms with Crippen molar-refractivity contribution in [3.8, 4) is 0 Å². The average Bonchev–Trinajstić information content (AvgIpc) is 2.29. The first-order valence-electron chi connectivity index (χ1n) is 6.88. The minimum absolute atomic E-state index is 0.490. The molecule has 0 spiro atoms. The standard InChI is InChI=1S/C14H26O3/c1-12(2)6-10-17-11-9-14(13(15)16)7-4-3-5-8-14/h12H,3-11H2,1-2H3,(H,15,16). The molecule has 100 valence electrons. The van der Waals surface area contributed by atoms with Gasteiger partial charge < -0.3 is 9.84 Å². The summed E-state index contributed by atoms with van der Waals surface area (Å²) in [5.74, 6) is 0.0303. The van der Waals surface area contributed by atoms with Crippen molar-refractivity contribution in [2.75, 3.05) is 13.2 Å². The minimum Gasteiger partial charge on any atom is -0.481 e. The summed E-state index contributed by atoms with van der Waals surface area (Å²) in [4.78, 5) is 11.4. The molecule has 0 unspecified atom stereocenters. The monoisotopic (exact) mass is 242 g/mol. The zero-order chi connectivity index (χ0) is 12.7. The van der Waals surface area contributed by atoms with Crippen LogP contribution in [0.25, 0.3) is 0 Å². The molecule has 0 aromatic heterocycles. The van der Waals surface area contributed by atoms with E-state index in [1.807, 2.05) is 0 Å². The average molecular weight is 242 g/mol. The molecule has 1 rings (SSSR count). The van der Waals surface area contributed by atoms with Gasteiger partial charge in [-0.3, -0.25) is 4.79 Å². The summed E-state index contributed by atoms with van der Waals surface area (Å²) >= 11 is 0. The molecule has 3 heteroatoms. The number of hydrogen-bond donors (Lipinski definition) is 1. The lowest BCUT2D eigenvalue weighted by Gasteiger charge is -2.33. The molecule has 1 fully saturated rings. The predicted molar refractivity (Wildman–Crippen MR) is 68.0 cm³/mol. The number of hydrogen-bond acceptors (Lipinski definition) is 2. The largest absolute Gasteiger partial charge is 0.481 e. The molecule has 1 aliphatic carbocycles. The molecule has 0 bridgehead atoms. The molecule has 0 aromatic carbocycles. The second-order valence-corrected chi connectivity index (χ2v) is 5.69. The molecule has 3 nitrogen and oxygen atoms in total. The molecule has 0 saturated heterocycles. The van der Waals surface area contributed by atoms with Crippen LogP contribution in [0, 0.1) is 11.3 Å². The van der Waals surface area contributed by atoms with Gasteiger partial charge in [-0.1, -0.05) is 33.1 Å². The highest BCUT2D eigenvalue weighted by molar-refractivity contribution is 5.74. The van der Waals surface area contributed by atoms with Crippen molar-refractivity contribution in [3.63, 3.8) is 0 Å². The van der Waals surface area contributed by atoms with Crippen LogP contribution in [0.4, 0.5) is 0 Å². The molecule has 0 aromatic rings. The molecule has 0 aliphatic heterocycles. The topological polar surface area (TPSA) is 46.5 Å². The Bertz CT molecular complexity index is 230. The molecule has 0 radical (unpaired) electrons. The van der Waals surface area contributed by atoms with Crippen molar-refractivity contribution < 1.29 is 14.6 Å². The SMILES string of the molecule is CC(C)CCOCCC1(C(=O)O)CCCCC1. The Labute approximate surface area is 105 Å². The number of aliphatic carboxylic acids is 1. The Morgan fingerprint density at radius 3 is 2.41 bits per heavy atom. The Kier molecular flexibility index (Phi) is 5.96. The first-order valence-corrected chi connectivity index (χ1v) is 6.88. The Hall–Kier alpha value is -0.570. The fraction of sp³-hybridized carbons (Fsp3) is 0.929. The van der Waals surface area contributed by atoms with Crippen molar-refractivity contribution in [1.82, 2.24) is 0 Å². The number of carboxylic acids is 1. The minimum atomic E-state index is -0.621. The quantitative estimate of drug-likeness (QED) is 0.695. The first kappa shape index (κ1) is 14.5. The van der Waals surface area contributed by atoms with Crippen LogP contribution in [-0.2, 0) is 9.53 Å². The Balaban J connectivity index is 2.27. The van der Waals surface area contributed by atoms with Gasteiger partial charge in [-0.15, -0.1) is 0 Å². The Morgan fingerprint density at radius 1 is 1.24 bits per heavy atom. The van der Waals surface area contributed by atoms with E-state index in [9.17, 15) is 9.90 Å². The molecular formula is C14H26O3. The maximum absolute atomic E-state index is 11.4. The maximum Gasteiger partial charge on any atom is 0.309 e. The summed E-state index contributed by atoms with van der Waals surface area (Å²) in [6.45, 7) is 5.69. The van der Waals surface area contributed by atoms with Gasteiger partial charge in [0.15, 0.2) is 0 Å². The van der Waals surface area contributed by atoms with Crippen LogP contribution in [0.15, 0.2) is 0 Å². The van der Waals surface area contributed by atoms with E-state index in [0.29, 0.717) is 18.9 Å². The van der Waals surface area contributed by atoms with Crippen LogP contribution in [0.3, 0.4) is 0 Å². The van der Waals surface area contributed by atoms with E-state index in [4.69, 9.17) is 4.74 Å². The van der Waals surface area contributed by atoms with Gasteiger partial charge in [-0.25, -0.2) is 0 Å². The van der Waals surface area contributed by atoms with E-state index in [-0.39, 0.29) is 0 Å². The second kappa shape index (κ2) is 7.00. The third kappa shape index (κ3) is 4.66. The predicted octanol–water partition coefficient (Wildman–Crippen LogP) is 3.47. The van der Waals surface area contributed by atoms with E-state index in [0.717, 1.165) is 38.7 Å². The lowest BCUT2D eigenvalue weighted by molar-refractivity contribution is -0.152. The Morgan fingerprint density at radius 2 is 1.88 bits per heavy atom. The van der Waals surface area contributed by atoms with Crippen LogP contribution >= 0.6 is 0 Å². The molecule has 1 N–H and O–H groups in total. The number of carboxylic acid groups (broad SMARTS) is 1. The van der Waals surface area contributed by atoms with Crippen LogP contribution in [0.5, 0.6) is 0 Å². The normalized spacial score (nSPS) is 19.5. The number of ether oxygens (including phenoxy) is 1. The van der Waals surface area contributed by atoms with Gasteiger partial charge in [-0.05, 0) is 31.6 Å². The molecule has 17 heavy (non-hydrogen) atoms. The van der Waals surface area contributed by atoms with Gasteiger partial charge in [0.05, 0.1) is 5.41 Å². The summed E-state index contributed by atoms with van der Waals surface area (Å²) in [5, 5.41) is 9.38. The van der Waals surface area contributed by atoms with E-state index >= 15 is 0 Å². The smallest absolute Gasteiger partial charge is 0.309 e. The third-order valence-corrected chi connectivity index (χ3v) is 3.83. The lowest BCUT2D eigenvalue weighted by atomic mass is 9.72. The summed E-state index contributed by atoms with van der Waals surface area (Å²) in [6.07, 6.45) is 6.69. The molecule has 1 aliphatic rings. The van der Waals surface area contributed by atoms with Crippen LogP contribution in [0.2, 0.25) is 0 Å². The van der Waals surface area contributed by atoms with Gasteiger partial charge >= 0.3 is 5.97 Å². The highest BCUT2D eigenvalue weighted by Gasteiger charge is 2.38. The van der Waals surface area contributed by atoms with Crippen LogP contribution in [0.1, 0.15) is 58.8 Å². The third-order valence-electron chi connectivity index (χ3n) is 3.83. The van der Waals surface area contributed by atoms with Crippen LogP contribution < -0.4 is 0 Å². The summed E-state index contributed by atoms with van der Waals surface area (Å²) in [6, 6.07) is 0. The number of carbonyl (C=O) groups is 1. The molecule has 1 saturated carbocycles. The molecular weight excluding hydrogens is 216 g/mol. The zero-order valence-corrected chi connectivity index (χ0v) is 11.2. The lowest BCUT2D eigenvalue weighted by Crippen LogP contribution is -2.34. The first-order chi connectivity index (χ1) is 8.07. The van der Waals surface area contributed by atoms with E-state index in [1.165, 1.54) is 6.42 Å². The van der Waals surface area contributed by atoms with Gasteiger partial charge in [0.1, 0.15) is 0 Å². The van der Waals surface area contributed by atoms with Gasteiger partial charge in [0.2, 0.25) is 0 Å². The van der Waals surface area contributed by atoms with Gasteiger partial charge in [0.25, 0.3) is 0 Å². The molecule has 0 heterocycles. The summed E-state index contributed by atoms with van der Waals surface area (Å²) in [7, 11) is 0. The zero-order valence-electron chi connectivity index (χ0n) is 11.2. The van der Waals surface area contributed by atoms with Crippen molar-refractivity contribution in [1.29, 1.82) is 0 Å². The van der Waals surface area contributed by atoms with Crippen molar-refractivity contribution in [2.24, 2.45) is 11.3 Å². The number of rotatable bonds is 7. The van der Waals surface area contributed by atoms with E-state index in [2.05, 4.69) is 13.8 Å². The highest BCUT2D eigenvalue weighted by atomic mass is 16.5. The van der Waals surface area contributed by atoms with Gasteiger partial charge in [0, 0.05) is 13.2 Å². The second-order valence-electron chi connectivity index (χ2n) is 5.69. The fourth-order valence-corrected chi connectivity index (χ4v) is 2.49. The van der Waals surface area contributed by atoms with Gasteiger partial charge in [-0.2, -0.15) is 0 Å². The highest BCUT2D eigenvalue weighted by Crippen LogP contribution is 2.39. The maximum atomic E-state index is 11.4. The fourth-order valence-electron chi connectivity index (χ4n) is 2.49. The molecule has 0 atom stereocenters. The van der Waals surface area contributed by atoms with Crippen molar-refractivity contribution in [2.45, 2.75) is 58.8 Å². The van der Waals surface area contributed by atoms with Crippen LogP contribution in [-0.4, -0.2) is 24.3 Å².